The van der Waals surface area contributed by atoms with Crippen molar-refractivity contribution in [2.24, 2.45) is 0 Å². The highest BCUT2D eigenvalue weighted by Gasteiger charge is 2.15. The third-order valence-electron chi connectivity index (χ3n) is 4.06. The maximum atomic E-state index is 11.6. The number of imidazole rings is 1. The van der Waals surface area contributed by atoms with Gasteiger partial charge in [-0.1, -0.05) is 0 Å². The van der Waals surface area contributed by atoms with Crippen molar-refractivity contribution in [3.8, 4) is 0 Å². The summed E-state index contributed by atoms with van der Waals surface area (Å²) in [5, 5.41) is 0. The number of nitrogens with two attached hydrogens (primary N) is 1. The Bertz CT molecular complexity index is 860. The molecule has 25 heavy (non-hydrogen) atoms. The van der Waals surface area contributed by atoms with Gasteiger partial charge in [0, 0.05) is 32.9 Å². The molecule has 0 aliphatic heterocycles. The molecule has 0 bridgehead atoms. The van der Waals surface area contributed by atoms with Crippen molar-refractivity contribution < 1.29 is 13.2 Å². The normalized spacial score (nSPS) is 12.4. The Morgan fingerprint density at radius 3 is 2.52 bits per heavy atom. The minimum absolute atomic E-state index is 0.221. The lowest BCUT2D eigenvalue weighted by Gasteiger charge is -2.13. The number of nitrogens with zero attached hydrogens (tertiary/aromatic N) is 4. The van der Waals surface area contributed by atoms with E-state index < -0.39 is 10.2 Å². The lowest BCUT2D eigenvalue weighted by atomic mass is 10.2. The summed E-state index contributed by atoms with van der Waals surface area (Å²) < 4.78 is 34.3. The van der Waals surface area contributed by atoms with E-state index in [0.717, 1.165) is 26.9 Å². The third kappa shape index (κ3) is 4.27. The molecule has 2 aromatic rings. The first kappa shape index (κ1) is 19.6. The van der Waals surface area contributed by atoms with Gasteiger partial charge in [0.1, 0.15) is 11.3 Å². The van der Waals surface area contributed by atoms with Gasteiger partial charge in [0.25, 0.3) is 10.2 Å². The minimum Gasteiger partial charge on any atom is -0.382 e. The van der Waals surface area contributed by atoms with Gasteiger partial charge in [-0.15, -0.1) is 0 Å². The number of hydrogen-bond acceptors (Lipinski definition) is 6. The van der Waals surface area contributed by atoms with Crippen molar-refractivity contribution in [3.05, 3.63) is 17.1 Å². The van der Waals surface area contributed by atoms with Crippen LogP contribution in [0.15, 0.2) is 0 Å². The van der Waals surface area contributed by atoms with Gasteiger partial charge in [0.2, 0.25) is 0 Å². The Balaban J connectivity index is 1.97. The topological polar surface area (TPSA) is 115 Å². The molecule has 0 spiro atoms. The van der Waals surface area contributed by atoms with E-state index in [1.165, 1.54) is 14.1 Å². The number of nitrogen functional groups attached to an aromatic ring is 1. The van der Waals surface area contributed by atoms with Gasteiger partial charge in [-0.2, -0.15) is 17.4 Å². The van der Waals surface area contributed by atoms with E-state index in [1.807, 2.05) is 20.8 Å². The first-order valence-electron chi connectivity index (χ1n) is 7.99. The molecule has 3 N–H and O–H groups in total. The Kier molecular flexibility index (Phi) is 5.99. The first-order chi connectivity index (χ1) is 11.6. The molecule has 0 unspecified atom stereocenters. The van der Waals surface area contributed by atoms with Crippen LogP contribution in [0.5, 0.6) is 0 Å². The zero-order valence-electron chi connectivity index (χ0n) is 15.3. The van der Waals surface area contributed by atoms with E-state index in [-0.39, 0.29) is 6.54 Å². The zero-order chi connectivity index (χ0) is 18.8. The maximum Gasteiger partial charge on any atom is 0.279 e. The van der Waals surface area contributed by atoms with E-state index in [4.69, 9.17) is 10.5 Å². The fourth-order valence-electron chi connectivity index (χ4n) is 2.52. The van der Waals surface area contributed by atoms with Crippen molar-refractivity contribution in [2.75, 3.05) is 39.6 Å². The molecular formula is C15H26N6O3S. The molecule has 0 aromatic carbocycles. The standard InChI is InChI=1S/C15H26N6O3S/c1-10-11(2)18-15(16)13-14(10)21(12(3)19-13)7-9-24-8-6-17-25(22,23)20(4)5/h17H,6-9H2,1-5H3,(H2,16,18). The molecule has 0 amide bonds. The van der Waals surface area contributed by atoms with Crippen LogP contribution in [0.1, 0.15) is 17.1 Å². The van der Waals surface area contributed by atoms with Gasteiger partial charge in [0.15, 0.2) is 5.82 Å². The second-order valence-corrected chi connectivity index (χ2v) is 7.98. The Morgan fingerprint density at radius 2 is 1.88 bits per heavy atom. The number of aryl methyl sites for hydroxylation is 3. The number of rotatable bonds is 8. The van der Waals surface area contributed by atoms with Crippen molar-refractivity contribution in [3.63, 3.8) is 0 Å². The molecule has 2 rings (SSSR count). The summed E-state index contributed by atoms with van der Waals surface area (Å²) in [5.41, 5.74) is 9.58. The quantitative estimate of drug-likeness (QED) is 0.648. The van der Waals surface area contributed by atoms with Crippen LogP contribution in [0.4, 0.5) is 5.82 Å². The maximum absolute atomic E-state index is 11.6. The molecule has 140 valence electrons. The second kappa shape index (κ2) is 7.65. The van der Waals surface area contributed by atoms with Crippen molar-refractivity contribution in [2.45, 2.75) is 27.3 Å². The van der Waals surface area contributed by atoms with Crippen molar-refractivity contribution >= 4 is 27.1 Å². The Labute approximate surface area is 148 Å². The molecule has 0 radical (unpaired) electrons. The van der Waals surface area contributed by atoms with Crippen LogP contribution in [0.2, 0.25) is 0 Å². The number of anilines is 1. The summed E-state index contributed by atoms with van der Waals surface area (Å²) in [6, 6.07) is 0. The monoisotopic (exact) mass is 370 g/mol. The van der Waals surface area contributed by atoms with Gasteiger partial charge in [-0.05, 0) is 26.3 Å². The second-order valence-electron chi connectivity index (χ2n) is 6.01. The molecule has 0 saturated heterocycles. The lowest BCUT2D eigenvalue weighted by molar-refractivity contribution is 0.131. The smallest absolute Gasteiger partial charge is 0.279 e. The molecule has 2 heterocycles. The van der Waals surface area contributed by atoms with E-state index in [9.17, 15) is 8.42 Å². The van der Waals surface area contributed by atoms with Gasteiger partial charge in [0.05, 0.1) is 18.7 Å². The van der Waals surface area contributed by atoms with Crippen LogP contribution < -0.4 is 10.5 Å². The number of aromatic nitrogens is 3. The lowest BCUT2D eigenvalue weighted by Crippen LogP contribution is -2.37. The van der Waals surface area contributed by atoms with E-state index >= 15 is 0 Å². The predicted molar refractivity (Wildman–Crippen MR) is 97.6 cm³/mol. The predicted octanol–water partition coefficient (Wildman–Crippen LogP) is 0.351. The molecule has 0 aliphatic rings. The SMILES string of the molecule is Cc1nc(N)c2nc(C)n(CCOCCNS(=O)(=O)N(C)C)c2c1C. The Morgan fingerprint density at radius 1 is 1.20 bits per heavy atom. The molecule has 2 aromatic heterocycles. The minimum atomic E-state index is -3.41. The fourth-order valence-corrected chi connectivity index (χ4v) is 3.12. The number of pyridine rings is 1. The van der Waals surface area contributed by atoms with Crippen LogP contribution >= 0.6 is 0 Å². The van der Waals surface area contributed by atoms with Gasteiger partial charge in [-0.25, -0.2) is 9.97 Å². The van der Waals surface area contributed by atoms with Gasteiger partial charge >= 0.3 is 0 Å². The average Bonchev–Trinajstić information content (AvgIpc) is 2.86. The summed E-state index contributed by atoms with van der Waals surface area (Å²) in [4.78, 5) is 8.82. The van der Waals surface area contributed by atoms with E-state index in [2.05, 4.69) is 19.3 Å². The van der Waals surface area contributed by atoms with Crippen LogP contribution in [0, 0.1) is 20.8 Å². The molecular weight excluding hydrogens is 344 g/mol. The largest absolute Gasteiger partial charge is 0.382 e. The van der Waals surface area contributed by atoms with Crippen LogP contribution in [0.3, 0.4) is 0 Å². The van der Waals surface area contributed by atoms with Crippen LogP contribution in [-0.4, -0.2) is 61.1 Å². The number of ether oxygens (including phenoxy) is 1. The number of nitrogens with one attached hydrogen (secondary N) is 1. The highest BCUT2D eigenvalue weighted by Crippen LogP contribution is 2.25. The van der Waals surface area contributed by atoms with Crippen molar-refractivity contribution in [1.82, 2.24) is 23.6 Å². The highest BCUT2D eigenvalue weighted by atomic mass is 32.2. The van der Waals surface area contributed by atoms with E-state index in [1.54, 1.807) is 0 Å². The summed E-state index contributed by atoms with van der Waals surface area (Å²) in [6.07, 6.45) is 0. The summed E-state index contributed by atoms with van der Waals surface area (Å²) in [6.45, 7) is 7.39. The van der Waals surface area contributed by atoms with Crippen LogP contribution in [0.25, 0.3) is 11.0 Å². The molecule has 0 fully saturated rings. The Hall–Kier alpha value is -1.75. The summed E-state index contributed by atoms with van der Waals surface area (Å²) >= 11 is 0. The average molecular weight is 370 g/mol. The number of hydrogen-bond donors (Lipinski definition) is 2. The van der Waals surface area contributed by atoms with Gasteiger partial charge in [-0.3, -0.25) is 0 Å². The van der Waals surface area contributed by atoms with E-state index in [0.29, 0.717) is 31.1 Å². The third-order valence-corrected chi connectivity index (χ3v) is 5.59. The molecule has 10 heteroatoms. The molecule has 9 nitrogen and oxygen atoms in total. The van der Waals surface area contributed by atoms with Crippen molar-refractivity contribution in [1.29, 1.82) is 0 Å². The van der Waals surface area contributed by atoms with Crippen LogP contribution in [-0.2, 0) is 21.5 Å². The summed E-state index contributed by atoms with van der Waals surface area (Å²) in [7, 11) is -0.466. The zero-order valence-corrected chi connectivity index (χ0v) is 16.1. The fraction of sp³-hybridized carbons (Fsp3) is 0.600. The highest BCUT2D eigenvalue weighted by molar-refractivity contribution is 7.87. The first-order valence-corrected chi connectivity index (χ1v) is 9.43. The molecule has 0 atom stereocenters. The number of fused-ring (bicyclic) bond motifs is 1. The molecule has 0 aliphatic carbocycles. The molecule has 0 saturated carbocycles. The van der Waals surface area contributed by atoms with Gasteiger partial charge < -0.3 is 15.0 Å². The summed E-state index contributed by atoms with van der Waals surface area (Å²) in [5.74, 6) is 1.27.